The van der Waals surface area contributed by atoms with Gasteiger partial charge in [-0.25, -0.2) is 0 Å². The van der Waals surface area contributed by atoms with Gasteiger partial charge < -0.3 is 19.6 Å². The molecule has 3 aromatic rings. The summed E-state index contributed by atoms with van der Waals surface area (Å²) in [6.45, 7) is 6.04. The number of aliphatic hydroxyl groups is 1. The van der Waals surface area contributed by atoms with Crippen LogP contribution >= 0.6 is 0 Å². The summed E-state index contributed by atoms with van der Waals surface area (Å²) in [5.74, 6) is 0. The molecule has 0 saturated carbocycles. The molecule has 3 N–H and O–H groups in total. The van der Waals surface area contributed by atoms with E-state index in [4.69, 9.17) is 4.74 Å². The smallest absolute Gasteiger partial charge is 0.139 e. The van der Waals surface area contributed by atoms with E-state index in [-0.39, 0.29) is 0 Å². The molecule has 162 valence electrons. The number of ether oxygens (including phenoxy) is 1. The Hall–Kier alpha value is -2.50. The SMILES string of the molecule is O[C@@H](COCc1ccccc1)C[NH+]1CC[NH+](C(c2ccccc2)c2ccccc2)CC1. The van der Waals surface area contributed by atoms with Crippen LogP contribution in [0.3, 0.4) is 0 Å². The van der Waals surface area contributed by atoms with E-state index in [1.54, 1.807) is 4.90 Å². The van der Waals surface area contributed by atoms with Gasteiger partial charge in [-0.3, -0.25) is 0 Å². The van der Waals surface area contributed by atoms with Crippen molar-refractivity contribution in [3.8, 4) is 0 Å². The van der Waals surface area contributed by atoms with Crippen molar-refractivity contribution >= 4 is 0 Å². The van der Waals surface area contributed by atoms with Crippen molar-refractivity contribution in [1.29, 1.82) is 0 Å². The van der Waals surface area contributed by atoms with Gasteiger partial charge >= 0.3 is 0 Å². The number of piperazine rings is 1. The molecular weight excluding hydrogens is 384 g/mol. The Morgan fingerprint density at radius 2 is 1.23 bits per heavy atom. The Kier molecular flexibility index (Phi) is 7.86. The van der Waals surface area contributed by atoms with Gasteiger partial charge in [0.1, 0.15) is 44.9 Å². The fourth-order valence-electron chi connectivity index (χ4n) is 4.65. The second-order valence-corrected chi connectivity index (χ2v) is 8.52. The lowest BCUT2D eigenvalue weighted by molar-refractivity contribution is -1.02. The Labute approximate surface area is 185 Å². The van der Waals surface area contributed by atoms with Crippen LogP contribution < -0.4 is 9.80 Å². The third-order valence-corrected chi connectivity index (χ3v) is 6.22. The van der Waals surface area contributed by atoms with E-state index in [1.165, 1.54) is 16.0 Å². The first-order valence-electron chi connectivity index (χ1n) is 11.4. The molecule has 0 aliphatic carbocycles. The molecule has 31 heavy (non-hydrogen) atoms. The summed E-state index contributed by atoms with van der Waals surface area (Å²) < 4.78 is 5.73. The van der Waals surface area contributed by atoms with Gasteiger partial charge in [0.2, 0.25) is 0 Å². The second kappa shape index (κ2) is 11.2. The lowest BCUT2D eigenvalue weighted by atomic mass is 9.96. The van der Waals surface area contributed by atoms with Gasteiger partial charge in [-0.1, -0.05) is 91.0 Å². The van der Waals surface area contributed by atoms with Gasteiger partial charge in [-0.05, 0) is 5.56 Å². The van der Waals surface area contributed by atoms with E-state index in [0.29, 0.717) is 19.3 Å². The summed E-state index contributed by atoms with van der Waals surface area (Å²) in [4.78, 5) is 3.08. The lowest BCUT2D eigenvalue weighted by Gasteiger charge is -2.35. The predicted octanol–water partition coefficient (Wildman–Crippen LogP) is 1.14. The van der Waals surface area contributed by atoms with Crippen molar-refractivity contribution in [2.75, 3.05) is 39.3 Å². The van der Waals surface area contributed by atoms with Crippen LogP contribution in [0.15, 0.2) is 91.0 Å². The van der Waals surface area contributed by atoms with E-state index in [9.17, 15) is 5.11 Å². The molecule has 4 heteroatoms. The highest BCUT2D eigenvalue weighted by Gasteiger charge is 2.32. The highest BCUT2D eigenvalue weighted by Crippen LogP contribution is 2.18. The van der Waals surface area contributed by atoms with E-state index in [2.05, 4.69) is 72.8 Å². The molecule has 0 radical (unpaired) electrons. The molecule has 1 fully saturated rings. The quantitative estimate of drug-likeness (QED) is 0.488. The van der Waals surface area contributed by atoms with Gasteiger partial charge in [-0.2, -0.15) is 0 Å². The zero-order valence-electron chi connectivity index (χ0n) is 18.1. The Morgan fingerprint density at radius 3 is 1.77 bits per heavy atom. The number of hydrogen-bond acceptors (Lipinski definition) is 2. The van der Waals surface area contributed by atoms with Crippen LogP contribution in [-0.2, 0) is 11.3 Å². The molecule has 0 bridgehead atoms. The summed E-state index contributed by atoms with van der Waals surface area (Å²) in [5, 5.41) is 10.5. The standard InChI is InChI=1S/C27H32N2O2/c30-26(22-31-21-23-10-4-1-5-11-23)20-28-16-18-29(19-17-28)27(24-12-6-2-7-13-24)25-14-8-3-9-15-25/h1-15,26-27,30H,16-22H2/p+2/t26-/m1/s1. The van der Waals surface area contributed by atoms with E-state index >= 15 is 0 Å². The molecule has 4 nitrogen and oxygen atoms in total. The molecule has 1 heterocycles. The van der Waals surface area contributed by atoms with Gasteiger partial charge in [0.25, 0.3) is 0 Å². The number of nitrogens with one attached hydrogen (secondary N) is 2. The third-order valence-electron chi connectivity index (χ3n) is 6.22. The molecule has 0 aromatic heterocycles. The minimum Gasteiger partial charge on any atom is -0.385 e. The maximum atomic E-state index is 10.5. The van der Waals surface area contributed by atoms with Crippen LogP contribution in [0.2, 0.25) is 0 Å². The molecule has 3 aromatic carbocycles. The van der Waals surface area contributed by atoms with Crippen molar-refractivity contribution in [2.45, 2.75) is 18.8 Å². The van der Waals surface area contributed by atoms with Crippen LogP contribution in [0, 0.1) is 0 Å². The first kappa shape index (κ1) is 21.7. The number of quaternary nitrogens is 2. The maximum absolute atomic E-state index is 10.5. The number of aliphatic hydroxyl groups excluding tert-OH is 1. The first-order chi connectivity index (χ1) is 15.3. The summed E-state index contributed by atoms with van der Waals surface area (Å²) in [6, 6.07) is 32.2. The molecule has 0 spiro atoms. The monoisotopic (exact) mass is 418 g/mol. The van der Waals surface area contributed by atoms with Crippen molar-refractivity contribution < 1.29 is 19.6 Å². The zero-order valence-corrected chi connectivity index (χ0v) is 18.1. The maximum Gasteiger partial charge on any atom is 0.139 e. The molecule has 1 atom stereocenters. The lowest BCUT2D eigenvalue weighted by Crippen LogP contribution is -3.28. The molecule has 0 unspecified atom stereocenters. The Morgan fingerprint density at radius 1 is 0.710 bits per heavy atom. The Balaban J connectivity index is 1.28. The van der Waals surface area contributed by atoms with Crippen LogP contribution in [-0.4, -0.2) is 50.5 Å². The largest absolute Gasteiger partial charge is 0.385 e. The zero-order chi connectivity index (χ0) is 21.3. The van der Waals surface area contributed by atoms with Gasteiger partial charge in [0, 0.05) is 11.1 Å². The van der Waals surface area contributed by atoms with E-state index < -0.39 is 6.10 Å². The fourth-order valence-corrected chi connectivity index (χ4v) is 4.65. The molecular formula is C27H34N2O2+2. The van der Waals surface area contributed by atoms with Crippen LogP contribution in [0.1, 0.15) is 22.7 Å². The van der Waals surface area contributed by atoms with Crippen molar-refractivity contribution in [2.24, 2.45) is 0 Å². The highest BCUT2D eigenvalue weighted by molar-refractivity contribution is 5.29. The van der Waals surface area contributed by atoms with Crippen LogP contribution in [0.5, 0.6) is 0 Å². The summed E-state index contributed by atoms with van der Waals surface area (Å²) >= 11 is 0. The highest BCUT2D eigenvalue weighted by atomic mass is 16.5. The average molecular weight is 419 g/mol. The molecule has 1 saturated heterocycles. The summed E-state index contributed by atoms with van der Waals surface area (Å²) in [7, 11) is 0. The Bertz CT molecular complexity index is 841. The predicted molar refractivity (Wildman–Crippen MR) is 123 cm³/mol. The normalized spacial score (nSPS) is 19.9. The molecule has 1 aliphatic heterocycles. The van der Waals surface area contributed by atoms with Crippen LogP contribution in [0.25, 0.3) is 0 Å². The third kappa shape index (κ3) is 6.25. The van der Waals surface area contributed by atoms with Gasteiger partial charge in [0.05, 0.1) is 13.2 Å². The fraction of sp³-hybridized carbons (Fsp3) is 0.333. The minimum absolute atomic E-state index is 0.364. The van der Waals surface area contributed by atoms with Gasteiger partial charge in [-0.15, -0.1) is 0 Å². The van der Waals surface area contributed by atoms with Crippen LogP contribution in [0.4, 0.5) is 0 Å². The molecule has 0 amide bonds. The topological polar surface area (TPSA) is 38.3 Å². The van der Waals surface area contributed by atoms with Gasteiger partial charge in [0.15, 0.2) is 0 Å². The average Bonchev–Trinajstić information content (AvgIpc) is 2.82. The van der Waals surface area contributed by atoms with E-state index in [0.717, 1.165) is 38.3 Å². The summed E-state index contributed by atoms with van der Waals surface area (Å²) in [5.41, 5.74) is 3.90. The number of benzene rings is 3. The molecule has 1 aliphatic rings. The van der Waals surface area contributed by atoms with Crippen molar-refractivity contribution in [1.82, 2.24) is 0 Å². The number of rotatable bonds is 9. The second-order valence-electron chi connectivity index (χ2n) is 8.52. The molecule has 4 rings (SSSR count). The van der Waals surface area contributed by atoms with Crippen molar-refractivity contribution in [3.05, 3.63) is 108 Å². The first-order valence-corrected chi connectivity index (χ1v) is 11.4. The minimum atomic E-state index is -0.417. The van der Waals surface area contributed by atoms with E-state index in [1.807, 2.05) is 18.2 Å². The summed E-state index contributed by atoms with van der Waals surface area (Å²) in [6.07, 6.45) is -0.417. The van der Waals surface area contributed by atoms with Crippen molar-refractivity contribution in [3.63, 3.8) is 0 Å². The number of hydrogen-bond donors (Lipinski definition) is 3.